The van der Waals surface area contributed by atoms with Crippen molar-refractivity contribution >= 4 is 29.3 Å². The average molecular weight is 353 g/mol. The Morgan fingerprint density at radius 2 is 2.04 bits per heavy atom. The van der Waals surface area contributed by atoms with E-state index in [9.17, 15) is 9.90 Å². The predicted molar refractivity (Wildman–Crippen MR) is 92.5 cm³/mol. The van der Waals surface area contributed by atoms with Gasteiger partial charge >= 0.3 is 5.97 Å². The number of carbonyl (C=O) groups is 1. The Hall–Kier alpha value is -1.69. The van der Waals surface area contributed by atoms with E-state index in [1.165, 1.54) is 7.11 Å². The molecule has 0 fully saturated rings. The van der Waals surface area contributed by atoms with Crippen molar-refractivity contribution in [3.05, 3.63) is 58.1 Å². The third-order valence-corrected chi connectivity index (χ3v) is 4.11. The number of carbonyl (C=O) groups excluding carboxylic acids is 1. The van der Waals surface area contributed by atoms with Gasteiger partial charge in [0.25, 0.3) is 0 Å². The molecule has 23 heavy (non-hydrogen) atoms. The summed E-state index contributed by atoms with van der Waals surface area (Å²) in [6, 6.07) is 10.2. The summed E-state index contributed by atoms with van der Waals surface area (Å²) in [4.78, 5) is 12.4. The molecule has 0 heterocycles. The summed E-state index contributed by atoms with van der Waals surface area (Å²) in [7, 11) is 1.49. The lowest BCUT2D eigenvalue weighted by atomic mass is 10.1. The van der Waals surface area contributed by atoms with Crippen molar-refractivity contribution in [1.82, 2.24) is 0 Å². The molecule has 0 radical (unpaired) electrons. The predicted octanol–water partition coefficient (Wildman–Crippen LogP) is 3.92. The topological polar surface area (TPSA) is 55.8 Å². The van der Waals surface area contributed by atoms with E-state index in [1.54, 1.807) is 48.2 Å². The van der Waals surface area contributed by atoms with Gasteiger partial charge in [-0.15, -0.1) is 0 Å². The average Bonchev–Trinajstić information content (AvgIpc) is 2.56. The van der Waals surface area contributed by atoms with Crippen LogP contribution in [0.3, 0.4) is 0 Å². The lowest BCUT2D eigenvalue weighted by molar-refractivity contribution is 0.0728. The first-order chi connectivity index (χ1) is 11.1. The quantitative estimate of drug-likeness (QED) is 0.630. The highest BCUT2D eigenvalue weighted by atomic mass is 35.5. The Labute approximate surface area is 144 Å². The summed E-state index contributed by atoms with van der Waals surface area (Å²) >= 11 is 7.62. The van der Waals surface area contributed by atoms with E-state index in [-0.39, 0.29) is 12.2 Å². The molecule has 122 valence electrons. The highest BCUT2D eigenvalue weighted by Crippen LogP contribution is 2.35. The molecule has 0 aliphatic rings. The first kappa shape index (κ1) is 17.7. The second-order valence-electron chi connectivity index (χ2n) is 4.75. The number of halogens is 1. The fraction of sp³-hybridized carbons (Fsp3) is 0.235. The van der Waals surface area contributed by atoms with Crippen molar-refractivity contribution in [2.24, 2.45) is 0 Å². The number of rotatable bonds is 6. The molecule has 0 aliphatic carbocycles. The maximum atomic E-state index is 12.4. The summed E-state index contributed by atoms with van der Waals surface area (Å²) in [5.74, 6) is 0.827. The van der Waals surface area contributed by atoms with Crippen molar-refractivity contribution in [2.45, 2.75) is 12.4 Å². The van der Waals surface area contributed by atoms with Crippen LogP contribution in [0.15, 0.2) is 36.4 Å². The molecular formula is C17H17ClO4S. The zero-order valence-corrected chi connectivity index (χ0v) is 14.4. The molecule has 0 saturated heterocycles. The molecule has 0 atom stereocenters. The van der Waals surface area contributed by atoms with Gasteiger partial charge in [0.1, 0.15) is 0 Å². The molecule has 2 rings (SSSR count). The molecule has 0 saturated carbocycles. The van der Waals surface area contributed by atoms with Gasteiger partial charge < -0.3 is 14.6 Å². The molecule has 0 bridgehead atoms. The standard InChI is InChI=1S/C17H17ClO4S/c1-21-15-8-11(9-19)7-12(10-23-2)16(15)22-17(20)13-5-3-4-6-14(13)18/h3-8,19H,9-10H2,1-2H3. The minimum absolute atomic E-state index is 0.115. The molecule has 0 amide bonds. The monoisotopic (exact) mass is 352 g/mol. The van der Waals surface area contributed by atoms with Gasteiger partial charge in [0.2, 0.25) is 0 Å². The van der Waals surface area contributed by atoms with Crippen LogP contribution in [-0.4, -0.2) is 24.4 Å². The number of methoxy groups -OCH3 is 1. The van der Waals surface area contributed by atoms with E-state index in [0.29, 0.717) is 27.8 Å². The lowest BCUT2D eigenvalue weighted by Crippen LogP contribution is -2.11. The van der Waals surface area contributed by atoms with E-state index < -0.39 is 5.97 Å². The first-order valence-electron chi connectivity index (χ1n) is 6.87. The van der Waals surface area contributed by atoms with Crippen molar-refractivity contribution in [1.29, 1.82) is 0 Å². The third kappa shape index (κ3) is 4.19. The number of hydrogen-bond acceptors (Lipinski definition) is 5. The van der Waals surface area contributed by atoms with Gasteiger partial charge in [0.05, 0.1) is 24.3 Å². The van der Waals surface area contributed by atoms with Gasteiger partial charge in [0, 0.05) is 11.3 Å². The number of aliphatic hydroxyl groups excluding tert-OH is 1. The van der Waals surface area contributed by atoms with Crippen LogP contribution in [0.2, 0.25) is 5.02 Å². The van der Waals surface area contributed by atoms with Crippen LogP contribution < -0.4 is 9.47 Å². The summed E-state index contributed by atoms with van der Waals surface area (Å²) < 4.78 is 10.9. The van der Waals surface area contributed by atoms with E-state index in [4.69, 9.17) is 21.1 Å². The molecule has 0 aromatic heterocycles. The number of benzene rings is 2. The highest BCUT2D eigenvalue weighted by molar-refractivity contribution is 7.97. The number of thioether (sulfide) groups is 1. The summed E-state index contributed by atoms with van der Waals surface area (Å²) in [5, 5.41) is 9.68. The Balaban J connectivity index is 2.41. The molecule has 0 spiro atoms. The van der Waals surface area contributed by atoms with E-state index in [1.807, 2.05) is 6.26 Å². The zero-order valence-electron chi connectivity index (χ0n) is 12.8. The van der Waals surface area contributed by atoms with Gasteiger partial charge in [-0.25, -0.2) is 4.79 Å². The molecule has 4 nitrogen and oxygen atoms in total. The molecule has 0 aliphatic heterocycles. The van der Waals surface area contributed by atoms with Crippen LogP contribution in [-0.2, 0) is 12.4 Å². The summed E-state index contributed by atoms with van der Waals surface area (Å²) in [6.45, 7) is -0.115. The molecule has 1 N–H and O–H groups in total. The number of hydrogen-bond donors (Lipinski definition) is 1. The van der Waals surface area contributed by atoms with Crippen LogP contribution in [0.5, 0.6) is 11.5 Å². The van der Waals surface area contributed by atoms with Crippen molar-refractivity contribution in [3.63, 3.8) is 0 Å². The van der Waals surface area contributed by atoms with Crippen molar-refractivity contribution in [2.75, 3.05) is 13.4 Å². The first-order valence-corrected chi connectivity index (χ1v) is 8.64. The summed E-state index contributed by atoms with van der Waals surface area (Å²) in [6.07, 6.45) is 1.94. The molecule has 6 heteroatoms. The molecule has 0 unspecified atom stereocenters. The lowest BCUT2D eigenvalue weighted by Gasteiger charge is -2.15. The van der Waals surface area contributed by atoms with Crippen molar-refractivity contribution < 1.29 is 19.4 Å². The van der Waals surface area contributed by atoms with E-state index >= 15 is 0 Å². The van der Waals surface area contributed by atoms with Crippen LogP contribution in [0.4, 0.5) is 0 Å². The normalized spacial score (nSPS) is 10.4. The van der Waals surface area contributed by atoms with Crippen LogP contribution in [0.25, 0.3) is 0 Å². The molecule has 2 aromatic carbocycles. The molecular weight excluding hydrogens is 336 g/mol. The Kier molecular flexibility index (Phi) is 6.33. The van der Waals surface area contributed by atoms with Crippen LogP contribution in [0.1, 0.15) is 21.5 Å². The SMILES string of the molecule is COc1cc(CO)cc(CSC)c1OC(=O)c1ccccc1Cl. The molecule has 2 aromatic rings. The summed E-state index contributed by atoms with van der Waals surface area (Å²) in [5.41, 5.74) is 1.77. The second kappa shape index (κ2) is 8.24. The van der Waals surface area contributed by atoms with E-state index in [0.717, 1.165) is 5.56 Å². The minimum atomic E-state index is -0.548. The van der Waals surface area contributed by atoms with Gasteiger partial charge in [-0.3, -0.25) is 0 Å². The number of aliphatic hydroxyl groups is 1. The smallest absolute Gasteiger partial charge is 0.345 e. The maximum Gasteiger partial charge on any atom is 0.345 e. The fourth-order valence-electron chi connectivity index (χ4n) is 2.12. The Bertz CT molecular complexity index is 703. The Morgan fingerprint density at radius 1 is 1.30 bits per heavy atom. The third-order valence-electron chi connectivity index (χ3n) is 3.18. The Morgan fingerprint density at radius 3 is 2.65 bits per heavy atom. The number of ether oxygens (including phenoxy) is 2. The van der Waals surface area contributed by atoms with E-state index in [2.05, 4.69) is 0 Å². The van der Waals surface area contributed by atoms with Gasteiger partial charge in [-0.1, -0.05) is 23.7 Å². The minimum Gasteiger partial charge on any atom is -0.493 e. The van der Waals surface area contributed by atoms with Crippen molar-refractivity contribution in [3.8, 4) is 11.5 Å². The van der Waals surface area contributed by atoms with Gasteiger partial charge in [-0.2, -0.15) is 11.8 Å². The number of esters is 1. The second-order valence-corrected chi connectivity index (χ2v) is 6.02. The van der Waals surface area contributed by atoms with Gasteiger partial charge in [0.15, 0.2) is 11.5 Å². The largest absolute Gasteiger partial charge is 0.493 e. The highest BCUT2D eigenvalue weighted by Gasteiger charge is 2.19. The fourth-order valence-corrected chi connectivity index (χ4v) is 2.86. The van der Waals surface area contributed by atoms with Gasteiger partial charge in [-0.05, 0) is 36.1 Å². The zero-order chi connectivity index (χ0) is 16.8. The maximum absolute atomic E-state index is 12.4. The van der Waals surface area contributed by atoms with Crippen LogP contribution in [0, 0.1) is 0 Å². The van der Waals surface area contributed by atoms with Crippen LogP contribution >= 0.6 is 23.4 Å².